The van der Waals surface area contributed by atoms with Crippen molar-refractivity contribution in [2.24, 2.45) is 5.41 Å². The summed E-state index contributed by atoms with van der Waals surface area (Å²) in [5.41, 5.74) is 5.09. The molecular formula is C55H68F3N7O7S. The average molecular weight is 1030 g/mol. The van der Waals surface area contributed by atoms with Gasteiger partial charge in [-0.15, -0.1) is 11.3 Å². The van der Waals surface area contributed by atoms with E-state index in [0.29, 0.717) is 24.1 Å². The number of aromatic nitrogens is 2. The predicted octanol–water partition coefficient (Wildman–Crippen LogP) is 7.71. The number of allylic oxidation sites excluding steroid dienone is 1. The number of carbonyl (C=O) groups is 4. The number of halogens is 3. The van der Waals surface area contributed by atoms with Gasteiger partial charge in [-0.25, -0.2) is 18.2 Å². The third-order valence-electron chi connectivity index (χ3n) is 13.3. The molecule has 0 aliphatic carbocycles. The smallest absolute Gasteiger partial charge is 0.246 e. The van der Waals surface area contributed by atoms with Gasteiger partial charge in [0.2, 0.25) is 23.6 Å². The zero-order chi connectivity index (χ0) is 52.8. The molecule has 0 saturated carbocycles. The number of para-hydroxylation sites is 1. The molecule has 2 aliphatic rings. The number of nitrogens with one attached hydrogen (secondary N) is 4. The maximum Gasteiger partial charge on any atom is 0.246 e. The number of ether oxygens (including phenoxy) is 2. The van der Waals surface area contributed by atoms with Crippen LogP contribution in [0.15, 0.2) is 72.3 Å². The number of aliphatic hydroxyl groups is 1. The summed E-state index contributed by atoms with van der Waals surface area (Å²) in [4.78, 5) is 65.4. The molecule has 73 heavy (non-hydrogen) atoms. The number of aryl methyl sites for hydroxylation is 1. The quantitative estimate of drug-likeness (QED) is 0.0386. The zero-order valence-corrected chi connectivity index (χ0v) is 43.7. The first-order valence-electron chi connectivity index (χ1n) is 24.9. The van der Waals surface area contributed by atoms with Gasteiger partial charge in [0.15, 0.2) is 0 Å². The van der Waals surface area contributed by atoms with Crippen LogP contribution in [-0.4, -0.2) is 124 Å². The van der Waals surface area contributed by atoms with E-state index >= 15 is 13.2 Å². The summed E-state index contributed by atoms with van der Waals surface area (Å²) in [7, 11) is 0. The molecule has 0 bridgehead atoms. The summed E-state index contributed by atoms with van der Waals surface area (Å²) in [6, 6.07) is 14.8. The Labute approximate surface area is 429 Å². The van der Waals surface area contributed by atoms with Gasteiger partial charge < -0.3 is 40.4 Å². The molecule has 0 spiro atoms. The normalized spacial score (nSPS) is 19.0. The van der Waals surface area contributed by atoms with E-state index in [1.165, 1.54) is 37.0 Å². The molecule has 1 saturated heterocycles. The number of carbonyl (C=O) groups excluding carboxylic acids is 4. The third-order valence-corrected chi connectivity index (χ3v) is 14.3. The van der Waals surface area contributed by atoms with Crippen LogP contribution in [0.2, 0.25) is 0 Å². The second-order valence-electron chi connectivity index (χ2n) is 20.7. The number of thiazole rings is 1. The predicted molar refractivity (Wildman–Crippen MR) is 276 cm³/mol. The lowest BCUT2D eigenvalue weighted by molar-refractivity contribution is -0.144. The van der Waals surface area contributed by atoms with E-state index in [0.717, 1.165) is 38.2 Å². The molecule has 0 radical (unpaired) electrons. The maximum atomic E-state index is 16.4. The van der Waals surface area contributed by atoms with Crippen LogP contribution in [0.4, 0.5) is 13.2 Å². The Bertz CT molecular complexity index is 2780. The Morgan fingerprint density at radius 2 is 1.68 bits per heavy atom. The number of aromatic amines is 1. The highest BCUT2D eigenvalue weighted by Crippen LogP contribution is 2.44. The molecule has 5 N–H and O–H groups in total. The standard InChI is InChI=1S/C55H68F3N7O7S/c1-9-35(37-23-41(56)47(42(57)24-37)49-48-40(39-12-10-11-13-43(39)62-48)22-32(2)65(49)30-55(7,8)58)25-45(67)59-18-19-71-20-21-72-29-46(68)63-51(54(4,5)6)53(70)64-28-38(66)26-44(64)52(69)60-27-34-14-16-36(17-15-34)50-33(3)61-31-73-50/h10-17,23-25,31-32,38,44,49,51,62,66H,9,18-22,26-30H2,1-8H3,(H,59,67)(H,60,69)(H,63,68)/b35-25+/t32-,38-,44+,49-,51-/m1/s1. The van der Waals surface area contributed by atoms with Crippen LogP contribution in [-0.2, 0) is 41.6 Å². The van der Waals surface area contributed by atoms with Crippen molar-refractivity contribution in [3.8, 4) is 10.4 Å². The fourth-order valence-electron chi connectivity index (χ4n) is 9.74. The summed E-state index contributed by atoms with van der Waals surface area (Å²) in [5, 5.41) is 19.9. The van der Waals surface area contributed by atoms with Crippen molar-refractivity contribution in [1.29, 1.82) is 0 Å². The summed E-state index contributed by atoms with van der Waals surface area (Å²) in [6.07, 6.45) is 1.33. The summed E-state index contributed by atoms with van der Waals surface area (Å²) < 4.78 is 59.2. The van der Waals surface area contributed by atoms with Crippen molar-refractivity contribution >= 4 is 51.4 Å². The molecule has 4 amide bonds. The highest BCUT2D eigenvalue weighted by Gasteiger charge is 2.45. The number of likely N-dealkylation sites (tertiary alicyclic amines) is 1. The van der Waals surface area contributed by atoms with Crippen LogP contribution in [0.5, 0.6) is 0 Å². The molecule has 5 atom stereocenters. The molecule has 392 valence electrons. The van der Waals surface area contributed by atoms with Crippen molar-refractivity contribution in [1.82, 2.24) is 35.7 Å². The van der Waals surface area contributed by atoms with Crippen LogP contribution in [0.3, 0.4) is 0 Å². The van der Waals surface area contributed by atoms with E-state index in [1.54, 1.807) is 44.5 Å². The van der Waals surface area contributed by atoms with Gasteiger partial charge in [-0.2, -0.15) is 0 Å². The second kappa shape index (κ2) is 23.5. The van der Waals surface area contributed by atoms with E-state index in [-0.39, 0.29) is 76.2 Å². The number of nitrogens with zero attached hydrogens (tertiary/aromatic N) is 3. The highest BCUT2D eigenvalue weighted by atomic mass is 32.1. The fraction of sp³-hybridized carbons (Fsp3) is 0.473. The first-order valence-corrected chi connectivity index (χ1v) is 25.7. The molecule has 7 rings (SSSR count). The number of β-amino-alcohol motifs (C(OH)–C–C–N with tert-alkyl or cyclic N) is 1. The summed E-state index contributed by atoms with van der Waals surface area (Å²) >= 11 is 1.55. The molecule has 2 aromatic heterocycles. The van der Waals surface area contributed by atoms with Crippen LogP contribution in [0.25, 0.3) is 26.9 Å². The van der Waals surface area contributed by atoms with E-state index in [9.17, 15) is 24.3 Å². The number of benzene rings is 3. The number of hydrogen-bond donors (Lipinski definition) is 5. The topological polar surface area (TPSA) is 178 Å². The Kier molecular flexibility index (Phi) is 17.7. The Morgan fingerprint density at radius 1 is 0.986 bits per heavy atom. The third kappa shape index (κ3) is 13.4. The van der Waals surface area contributed by atoms with E-state index in [1.807, 2.05) is 67.3 Å². The number of fused-ring (bicyclic) bond motifs is 3. The van der Waals surface area contributed by atoms with Gasteiger partial charge in [0.1, 0.15) is 36.0 Å². The van der Waals surface area contributed by atoms with Gasteiger partial charge in [0.25, 0.3) is 0 Å². The van der Waals surface area contributed by atoms with Crippen molar-refractivity contribution in [3.63, 3.8) is 0 Å². The van der Waals surface area contributed by atoms with Crippen LogP contribution in [0, 0.1) is 24.0 Å². The minimum absolute atomic E-state index is 0.0291. The van der Waals surface area contributed by atoms with Crippen molar-refractivity contribution in [2.75, 3.05) is 46.1 Å². The minimum atomic E-state index is -1.64. The van der Waals surface area contributed by atoms with Gasteiger partial charge in [-0.05, 0) is 92.0 Å². The van der Waals surface area contributed by atoms with E-state index < -0.39 is 70.6 Å². The summed E-state index contributed by atoms with van der Waals surface area (Å²) in [5.74, 6) is -3.54. The average Bonchev–Trinajstić information content (AvgIpc) is 4.06. The molecule has 14 nitrogen and oxygen atoms in total. The SMILES string of the molecule is CC/C(=C\C(=O)NCCOCCOCC(=O)N[C@H](C(=O)N1C[C@H](O)C[C@H]1C(=O)NCc1ccc(-c2scnc2C)cc1)C(C)(C)C)c1cc(F)c([C@@H]2c3[nH]c4ccccc4c3C[C@@H](C)N2CC(C)(C)F)c(F)c1. The number of alkyl halides is 1. The van der Waals surface area contributed by atoms with Gasteiger partial charge >= 0.3 is 0 Å². The lowest BCUT2D eigenvalue weighted by Crippen LogP contribution is -2.58. The number of amides is 4. The van der Waals surface area contributed by atoms with Gasteiger partial charge in [-0.3, -0.25) is 24.1 Å². The molecule has 4 heterocycles. The van der Waals surface area contributed by atoms with Crippen LogP contribution >= 0.6 is 11.3 Å². The molecule has 3 aromatic carbocycles. The van der Waals surface area contributed by atoms with Crippen LogP contribution < -0.4 is 16.0 Å². The molecular weight excluding hydrogens is 960 g/mol. The number of hydrogen-bond acceptors (Lipinski definition) is 10. The largest absolute Gasteiger partial charge is 0.391 e. The van der Waals surface area contributed by atoms with Crippen molar-refractivity contribution in [2.45, 2.75) is 117 Å². The van der Waals surface area contributed by atoms with E-state index in [2.05, 4.69) is 25.9 Å². The molecule has 18 heteroatoms. The highest BCUT2D eigenvalue weighted by molar-refractivity contribution is 7.13. The monoisotopic (exact) mass is 1030 g/mol. The van der Waals surface area contributed by atoms with Gasteiger partial charge in [0, 0.05) is 66.9 Å². The maximum absolute atomic E-state index is 16.4. The lowest BCUT2D eigenvalue weighted by Gasteiger charge is -2.43. The molecule has 5 aromatic rings. The first kappa shape index (κ1) is 54.8. The van der Waals surface area contributed by atoms with Crippen molar-refractivity contribution in [3.05, 3.63) is 118 Å². The van der Waals surface area contributed by atoms with Gasteiger partial charge in [-0.1, -0.05) is 70.2 Å². The van der Waals surface area contributed by atoms with Gasteiger partial charge in [0.05, 0.1) is 48.0 Å². The fourth-order valence-corrected chi connectivity index (χ4v) is 10.6. The Balaban J connectivity index is 0.863. The van der Waals surface area contributed by atoms with Crippen LogP contribution in [0.1, 0.15) is 101 Å². The summed E-state index contributed by atoms with van der Waals surface area (Å²) in [6.45, 7) is 14.0. The zero-order valence-electron chi connectivity index (χ0n) is 42.9. The van der Waals surface area contributed by atoms with E-state index in [4.69, 9.17) is 9.47 Å². The molecule has 2 aliphatic heterocycles. The molecule has 1 fully saturated rings. The van der Waals surface area contributed by atoms with Crippen molar-refractivity contribution < 1.29 is 46.9 Å². The molecule has 0 unspecified atom stereocenters. The second-order valence-corrected chi connectivity index (χ2v) is 21.5. The lowest BCUT2D eigenvalue weighted by atomic mass is 9.85. The Hall–Kier alpha value is -5.92. The minimum Gasteiger partial charge on any atom is -0.391 e. The Morgan fingerprint density at radius 3 is 2.34 bits per heavy atom. The number of H-pyrrole nitrogens is 1. The number of aliphatic hydroxyl groups excluding tert-OH is 1. The first-order chi connectivity index (χ1) is 34.6. The number of rotatable bonds is 20.